The standard InChI is InChI=1S/C15H18ClNO2S/c1-11(20-2)7-8-17-15(19)13-6-5-12(4-3-9-18)14(16)10-13/h5-6,10-11,18H,7-9H2,1-2H3,(H,17,19). The summed E-state index contributed by atoms with van der Waals surface area (Å²) in [6.45, 7) is 2.55. The first kappa shape index (κ1) is 16.9. The molecule has 3 nitrogen and oxygen atoms in total. The lowest BCUT2D eigenvalue weighted by atomic mass is 10.1. The summed E-state index contributed by atoms with van der Waals surface area (Å²) in [5.41, 5.74) is 1.12. The summed E-state index contributed by atoms with van der Waals surface area (Å²) in [7, 11) is 0. The molecule has 5 heteroatoms. The molecule has 0 aliphatic rings. The van der Waals surface area contributed by atoms with Gasteiger partial charge >= 0.3 is 0 Å². The zero-order chi connectivity index (χ0) is 15.0. The summed E-state index contributed by atoms with van der Waals surface area (Å²) < 4.78 is 0. The second kappa shape index (κ2) is 8.91. The molecule has 0 spiro atoms. The third kappa shape index (κ3) is 5.46. The second-order valence-corrected chi connectivity index (χ2v) is 5.93. The number of amides is 1. The van der Waals surface area contributed by atoms with Crippen LogP contribution in [0.25, 0.3) is 0 Å². The van der Waals surface area contributed by atoms with Gasteiger partial charge in [0.25, 0.3) is 5.91 Å². The van der Waals surface area contributed by atoms with Gasteiger partial charge in [-0.3, -0.25) is 4.79 Å². The summed E-state index contributed by atoms with van der Waals surface area (Å²) >= 11 is 7.82. The number of carbonyl (C=O) groups excluding carboxylic acids is 1. The average Bonchev–Trinajstić information content (AvgIpc) is 2.45. The first-order chi connectivity index (χ1) is 9.58. The monoisotopic (exact) mass is 311 g/mol. The van der Waals surface area contributed by atoms with Crippen molar-refractivity contribution in [2.75, 3.05) is 19.4 Å². The van der Waals surface area contributed by atoms with Gasteiger partial charge in [0.15, 0.2) is 0 Å². The van der Waals surface area contributed by atoms with Gasteiger partial charge in [-0.2, -0.15) is 11.8 Å². The van der Waals surface area contributed by atoms with Gasteiger partial charge in [0.1, 0.15) is 6.61 Å². The third-order valence-electron chi connectivity index (χ3n) is 2.77. The van der Waals surface area contributed by atoms with E-state index in [-0.39, 0.29) is 12.5 Å². The highest BCUT2D eigenvalue weighted by atomic mass is 35.5. The number of hydrogen-bond acceptors (Lipinski definition) is 3. The van der Waals surface area contributed by atoms with E-state index in [1.807, 2.05) is 0 Å². The Bertz CT molecular complexity index is 522. The number of thioether (sulfide) groups is 1. The predicted molar refractivity (Wildman–Crippen MR) is 85.3 cm³/mol. The molecule has 0 fully saturated rings. The fourth-order valence-corrected chi connectivity index (χ4v) is 2.08. The molecule has 0 saturated carbocycles. The van der Waals surface area contributed by atoms with E-state index >= 15 is 0 Å². The van der Waals surface area contributed by atoms with Crippen molar-refractivity contribution in [2.24, 2.45) is 0 Å². The smallest absolute Gasteiger partial charge is 0.251 e. The lowest BCUT2D eigenvalue weighted by Crippen LogP contribution is -2.26. The SMILES string of the molecule is CSC(C)CCNC(=O)c1ccc(C#CCO)c(Cl)c1. The number of nitrogens with one attached hydrogen (secondary N) is 1. The molecule has 1 aromatic rings. The number of carbonyl (C=O) groups is 1. The van der Waals surface area contributed by atoms with E-state index in [1.165, 1.54) is 0 Å². The number of aliphatic hydroxyl groups is 1. The van der Waals surface area contributed by atoms with Crippen LogP contribution in [0.5, 0.6) is 0 Å². The zero-order valence-electron chi connectivity index (χ0n) is 11.6. The highest BCUT2D eigenvalue weighted by Crippen LogP contribution is 2.17. The van der Waals surface area contributed by atoms with E-state index in [1.54, 1.807) is 30.0 Å². The predicted octanol–water partition coefficient (Wildman–Crippen LogP) is 2.56. The highest BCUT2D eigenvalue weighted by Gasteiger charge is 2.08. The first-order valence-electron chi connectivity index (χ1n) is 6.28. The molecular formula is C15H18ClNO2S. The summed E-state index contributed by atoms with van der Waals surface area (Å²) in [5, 5.41) is 12.4. The Morgan fingerprint density at radius 2 is 2.30 bits per heavy atom. The van der Waals surface area contributed by atoms with E-state index < -0.39 is 0 Å². The minimum Gasteiger partial charge on any atom is -0.384 e. The van der Waals surface area contributed by atoms with Gasteiger partial charge in [-0.1, -0.05) is 30.4 Å². The highest BCUT2D eigenvalue weighted by molar-refractivity contribution is 7.99. The molecule has 1 amide bonds. The Morgan fingerprint density at radius 3 is 2.90 bits per heavy atom. The van der Waals surface area contributed by atoms with E-state index in [0.717, 1.165) is 6.42 Å². The van der Waals surface area contributed by atoms with Gasteiger partial charge in [0, 0.05) is 22.9 Å². The first-order valence-corrected chi connectivity index (χ1v) is 7.95. The minimum absolute atomic E-state index is 0.137. The molecule has 0 radical (unpaired) electrons. The Kier molecular flexibility index (Phi) is 7.53. The summed E-state index contributed by atoms with van der Waals surface area (Å²) in [6, 6.07) is 4.96. The minimum atomic E-state index is -0.216. The van der Waals surface area contributed by atoms with Crippen molar-refractivity contribution in [2.45, 2.75) is 18.6 Å². The normalized spacial score (nSPS) is 11.4. The molecule has 1 unspecified atom stereocenters. The van der Waals surface area contributed by atoms with Crippen LogP contribution in [-0.2, 0) is 0 Å². The van der Waals surface area contributed by atoms with E-state index in [0.29, 0.717) is 27.9 Å². The molecule has 0 aliphatic heterocycles. The average molecular weight is 312 g/mol. The van der Waals surface area contributed by atoms with Crippen molar-refractivity contribution < 1.29 is 9.90 Å². The molecule has 108 valence electrons. The van der Waals surface area contributed by atoms with Gasteiger partial charge < -0.3 is 10.4 Å². The van der Waals surface area contributed by atoms with Gasteiger partial charge in [0.05, 0.1) is 5.02 Å². The quantitative estimate of drug-likeness (QED) is 0.822. The number of halogens is 1. The maximum absolute atomic E-state index is 11.9. The van der Waals surface area contributed by atoms with E-state index in [9.17, 15) is 4.79 Å². The Balaban J connectivity index is 2.63. The Labute approximate surface area is 129 Å². The lowest BCUT2D eigenvalue weighted by molar-refractivity contribution is 0.0953. The number of aliphatic hydroxyl groups excluding tert-OH is 1. The van der Waals surface area contributed by atoms with Gasteiger partial charge in [-0.25, -0.2) is 0 Å². The summed E-state index contributed by atoms with van der Waals surface area (Å²) in [5.74, 6) is 5.12. The number of rotatable bonds is 5. The van der Waals surface area contributed by atoms with Gasteiger partial charge in [-0.05, 0) is 30.9 Å². The van der Waals surface area contributed by atoms with Crippen LogP contribution in [0.15, 0.2) is 18.2 Å². The van der Waals surface area contributed by atoms with Gasteiger partial charge in [0.2, 0.25) is 0 Å². The van der Waals surface area contributed by atoms with Crippen molar-refractivity contribution in [3.8, 4) is 11.8 Å². The number of benzene rings is 1. The van der Waals surface area contributed by atoms with Crippen LogP contribution in [0.1, 0.15) is 29.3 Å². The maximum Gasteiger partial charge on any atom is 0.251 e. The molecular weight excluding hydrogens is 294 g/mol. The molecule has 0 aliphatic carbocycles. The molecule has 1 atom stereocenters. The zero-order valence-corrected chi connectivity index (χ0v) is 13.1. The number of hydrogen-bond donors (Lipinski definition) is 2. The van der Waals surface area contributed by atoms with Crippen molar-refractivity contribution in [3.05, 3.63) is 34.3 Å². The van der Waals surface area contributed by atoms with Crippen molar-refractivity contribution in [3.63, 3.8) is 0 Å². The Hall–Kier alpha value is -1.15. The van der Waals surface area contributed by atoms with Crippen LogP contribution in [0.3, 0.4) is 0 Å². The van der Waals surface area contributed by atoms with E-state index in [2.05, 4.69) is 30.3 Å². The van der Waals surface area contributed by atoms with Crippen LogP contribution >= 0.6 is 23.4 Å². The molecule has 0 aromatic heterocycles. The van der Waals surface area contributed by atoms with Crippen LogP contribution < -0.4 is 5.32 Å². The molecule has 2 N–H and O–H groups in total. The van der Waals surface area contributed by atoms with Crippen LogP contribution in [-0.4, -0.2) is 35.7 Å². The second-order valence-electron chi connectivity index (χ2n) is 4.25. The largest absolute Gasteiger partial charge is 0.384 e. The van der Waals surface area contributed by atoms with Crippen LogP contribution in [0.2, 0.25) is 5.02 Å². The fourth-order valence-electron chi connectivity index (χ4n) is 1.50. The van der Waals surface area contributed by atoms with Crippen molar-refractivity contribution >= 4 is 29.3 Å². The van der Waals surface area contributed by atoms with Crippen LogP contribution in [0.4, 0.5) is 0 Å². The fraction of sp³-hybridized carbons (Fsp3) is 0.400. The maximum atomic E-state index is 11.9. The van der Waals surface area contributed by atoms with Crippen LogP contribution in [0, 0.1) is 11.8 Å². The summed E-state index contributed by atoms with van der Waals surface area (Å²) in [4.78, 5) is 11.9. The molecule has 20 heavy (non-hydrogen) atoms. The van der Waals surface area contributed by atoms with Crippen molar-refractivity contribution in [1.29, 1.82) is 0 Å². The third-order valence-corrected chi connectivity index (χ3v) is 4.13. The molecule has 0 bridgehead atoms. The van der Waals surface area contributed by atoms with Gasteiger partial charge in [-0.15, -0.1) is 0 Å². The Morgan fingerprint density at radius 1 is 1.55 bits per heavy atom. The molecule has 0 heterocycles. The van der Waals surface area contributed by atoms with Crippen molar-refractivity contribution in [1.82, 2.24) is 5.32 Å². The lowest BCUT2D eigenvalue weighted by Gasteiger charge is -2.09. The summed E-state index contributed by atoms with van der Waals surface area (Å²) in [6.07, 6.45) is 2.99. The van der Waals surface area contributed by atoms with E-state index in [4.69, 9.17) is 16.7 Å². The molecule has 0 saturated heterocycles. The topological polar surface area (TPSA) is 49.3 Å². The molecule has 1 rings (SSSR count). The molecule has 1 aromatic carbocycles.